The number of aromatic nitrogens is 3. The molecule has 33 heavy (non-hydrogen) atoms. The summed E-state index contributed by atoms with van der Waals surface area (Å²) in [6, 6.07) is 4.64. The second kappa shape index (κ2) is 9.57. The third kappa shape index (κ3) is 4.82. The van der Waals surface area contributed by atoms with E-state index in [0.717, 1.165) is 0 Å². The molecule has 1 aromatic heterocycles. The van der Waals surface area contributed by atoms with Gasteiger partial charge < -0.3 is 19.3 Å². The van der Waals surface area contributed by atoms with Crippen LogP contribution in [0.1, 0.15) is 0 Å². The molecule has 13 heteroatoms. The van der Waals surface area contributed by atoms with Gasteiger partial charge in [-0.05, 0) is 30.4 Å². The first-order valence-corrected chi connectivity index (χ1v) is 10.7. The predicted octanol–water partition coefficient (Wildman–Crippen LogP) is 0.912. The molecule has 176 valence electrons. The van der Waals surface area contributed by atoms with Crippen molar-refractivity contribution in [2.24, 2.45) is 0 Å². The first kappa shape index (κ1) is 22.7. The largest absolute Gasteiger partial charge is 0.474 e. The highest BCUT2D eigenvalue weighted by atomic mass is 32.1. The third-order valence-corrected chi connectivity index (χ3v) is 6.13. The Labute approximate surface area is 195 Å². The molecule has 0 bridgehead atoms. The van der Waals surface area contributed by atoms with Gasteiger partial charge in [-0.25, -0.2) is 13.9 Å². The lowest BCUT2D eigenvalue weighted by Crippen LogP contribution is -2.49. The van der Waals surface area contributed by atoms with Crippen molar-refractivity contribution < 1.29 is 23.5 Å². The van der Waals surface area contributed by atoms with Gasteiger partial charge in [0.05, 0.1) is 31.2 Å². The molecule has 0 N–H and O–H groups in total. The molecule has 11 nitrogen and oxygen atoms in total. The number of benzene rings is 1. The lowest BCUT2D eigenvalue weighted by molar-refractivity contribution is -0.132. The van der Waals surface area contributed by atoms with Crippen molar-refractivity contribution in [2.45, 2.75) is 12.8 Å². The summed E-state index contributed by atoms with van der Waals surface area (Å²) in [7, 11) is 3.10. The molecule has 2 aliphatic heterocycles. The summed E-state index contributed by atoms with van der Waals surface area (Å²) in [6.45, 7) is 2.24. The Morgan fingerprint density at radius 3 is 2.73 bits per heavy atom. The zero-order chi connectivity index (χ0) is 23.5. The van der Waals surface area contributed by atoms with Gasteiger partial charge in [0, 0.05) is 39.4 Å². The number of cyclic esters (lactones) is 1. The van der Waals surface area contributed by atoms with Gasteiger partial charge in [0.15, 0.2) is 6.23 Å². The van der Waals surface area contributed by atoms with E-state index < -0.39 is 18.1 Å². The third-order valence-electron chi connectivity index (χ3n) is 5.68. The summed E-state index contributed by atoms with van der Waals surface area (Å²) in [5, 5.41) is 7.69. The van der Waals surface area contributed by atoms with Gasteiger partial charge in [0.2, 0.25) is 5.91 Å². The zero-order valence-electron chi connectivity index (χ0n) is 18.3. The van der Waals surface area contributed by atoms with E-state index in [1.807, 2.05) is 4.90 Å². The van der Waals surface area contributed by atoms with E-state index in [0.29, 0.717) is 37.6 Å². The van der Waals surface area contributed by atoms with Crippen molar-refractivity contribution >= 4 is 40.8 Å². The molecule has 0 radical (unpaired) electrons. The van der Waals surface area contributed by atoms with Gasteiger partial charge in [-0.15, -0.1) is 5.10 Å². The summed E-state index contributed by atoms with van der Waals surface area (Å²) >= 11 is 5.07. The van der Waals surface area contributed by atoms with Crippen LogP contribution in [0.5, 0.6) is 0 Å². The van der Waals surface area contributed by atoms with Gasteiger partial charge in [-0.3, -0.25) is 14.6 Å². The van der Waals surface area contributed by atoms with E-state index in [1.54, 1.807) is 30.3 Å². The number of amides is 2. The number of ether oxygens (including phenoxy) is 2. The summed E-state index contributed by atoms with van der Waals surface area (Å²) in [5.74, 6) is -0.511. The van der Waals surface area contributed by atoms with Crippen LogP contribution >= 0.6 is 12.2 Å². The van der Waals surface area contributed by atoms with Gasteiger partial charge in [0.25, 0.3) is 5.17 Å². The van der Waals surface area contributed by atoms with Crippen LogP contribution in [0, 0.1) is 5.82 Å². The van der Waals surface area contributed by atoms with Crippen molar-refractivity contribution in [3.63, 3.8) is 0 Å². The van der Waals surface area contributed by atoms with E-state index in [9.17, 15) is 14.0 Å². The molecule has 3 heterocycles. The minimum absolute atomic E-state index is 0.0593. The van der Waals surface area contributed by atoms with E-state index in [4.69, 9.17) is 21.7 Å². The smallest absolute Gasteiger partial charge is 0.416 e. The molecule has 2 fully saturated rings. The van der Waals surface area contributed by atoms with Crippen LogP contribution in [-0.2, 0) is 20.8 Å². The van der Waals surface area contributed by atoms with Crippen molar-refractivity contribution in [2.75, 3.05) is 56.7 Å². The molecule has 0 spiro atoms. The van der Waals surface area contributed by atoms with Gasteiger partial charge in [-0.2, -0.15) is 0 Å². The Hall–Kier alpha value is -3.48. The van der Waals surface area contributed by atoms with Crippen molar-refractivity contribution in [3.05, 3.63) is 36.4 Å². The number of carbonyl (C=O) groups is 2. The van der Waals surface area contributed by atoms with Crippen LogP contribution in [0.15, 0.2) is 30.6 Å². The lowest BCUT2D eigenvalue weighted by Gasteiger charge is -2.36. The maximum Gasteiger partial charge on any atom is 0.416 e. The Balaban J connectivity index is 1.37. The Morgan fingerprint density at radius 1 is 1.33 bits per heavy atom. The zero-order valence-corrected chi connectivity index (χ0v) is 19.1. The molecule has 1 aromatic carbocycles. The number of methoxy groups -OCH3 is 1. The fourth-order valence-electron chi connectivity index (χ4n) is 3.79. The molecule has 2 amide bonds. The number of hydrogen-bond acceptors (Lipinski definition) is 8. The summed E-state index contributed by atoms with van der Waals surface area (Å²) in [6.07, 6.45) is 1.94. The van der Waals surface area contributed by atoms with E-state index in [1.165, 1.54) is 33.9 Å². The fraction of sp³-hybridized carbons (Fsp3) is 0.450. The number of anilines is 2. The molecule has 0 saturated carbocycles. The maximum atomic E-state index is 15.0. The normalized spacial score (nSPS) is 18.3. The highest BCUT2D eigenvalue weighted by Crippen LogP contribution is 2.29. The number of halogens is 1. The first-order chi connectivity index (χ1) is 15.9. The number of hydrogen-bond donors (Lipinski definition) is 0. The second-order valence-corrected chi connectivity index (χ2v) is 7.98. The molecule has 2 saturated heterocycles. The standard InChI is InChI=1S/C20H24FN7O4S/c1-24(20(33)31-2)18-13-28(19(30)32-18)14-3-4-16(15(21)11-14)25-7-9-26(10-8-25)17(29)12-27-6-5-22-23-27/h3-6,11,18H,7-10,12-13H2,1-2H3. The van der Waals surface area contributed by atoms with Crippen LogP contribution in [0.25, 0.3) is 0 Å². The topological polar surface area (TPSA) is 96.3 Å². The number of carbonyl (C=O) groups excluding carboxylic acids is 2. The first-order valence-electron chi connectivity index (χ1n) is 10.3. The average Bonchev–Trinajstić information content (AvgIpc) is 3.47. The minimum atomic E-state index is -0.629. The summed E-state index contributed by atoms with van der Waals surface area (Å²) in [4.78, 5) is 31.2. The van der Waals surface area contributed by atoms with Crippen molar-refractivity contribution in [3.8, 4) is 0 Å². The highest BCUT2D eigenvalue weighted by Gasteiger charge is 2.36. The van der Waals surface area contributed by atoms with Crippen LogP contribution < -0.4 is 9.80 Å². The van der Waals surface area contributed by atoms with Crippen LogP contribution in [-0.4, -0.2) is 95.1 Å². The Kier molecular flexibility index (Phi) is 6.58. The minimum Gasteiger partial charge on any atom is -0.474 e. The second-order valence-electron chi connectivity index (χ2n) is 7.63. The molecule has 2 aliphatic rings. The molecular weight excluding hydrogens is 453 g/mol. The fourth-order valence-corrected chi connectivity index (χ4v) is 3.91. The van der Waals surface area contributed by atoms with Crippen LogP contribution in [0.4, 0.5) is 20.6 Å². The number of likely N-dealkylation sites (N-methyl/N-ethyl adjacent to an activating group) is 1. The maximum absolute atomic E-state index is 15.0. The Bertz CT molecular complexity index is 1030. The van der Waals surface area contributed by atoms with E-state index in [2.05, 4.69) is 10.3 Å². The van der Waals surface area contributed by atoms with Crippen molar-refractivity contribution in [1.82, 2.24) is 24.8 Å². The predicted molar refractivity (Wildman–Crippen MR) is 120 cm³/mol. The van der Waals surface area contributed by atoms with Gasteiger partial charge in [0.1, 0.15) is 12.4 Å². The molecule has 1 atom stereocenters. The molecular formula is C20H24FN7O4S. The number of piperazine rings is 1. The lowest BCUT2D eigenvalue weighted by atomic mass is 10.2. The number of nitrogens with zero attached hydrogens (tertiary/aromatic N) is 7. The van der Waals surface area contributed by atoms with E-state index in [-0.39, 0.29) is 24.2 Å². The van der Waals surface area contributed by atoms with Crippen molar-refractivity contribution in [1.29, 1.82) is 0 Å². The van der Waals surface area contributed by atoms with Gasteiger partial charge >= 0.3 is 6.09 Å². The molecule has 1 unspecified atom stereocenters. The monoisotopic (exact) mass is 477 g/mol. The molecule has 2 aromatic rings. The van der Waals surface area contributed by atoms with Crippen LogP contribution in [0.2, 0.25) is 0 Å². The highest BCUT2D eigenvalue weighted by molar-refractivity contribution is 7.80. The SMILES string of the molecule is COC(=S)N(C)C1CN(c2ccc(N3CCN(C(=O)Cn4ccnn4)CC3)c(F)c2)C(=O)O1. The van der Waals surface area contributed by atoms with E-state index >= 15 is 0 Å². The number of rotatable bonds is 5. The molecule has 0 aliphatic carbocycles. The summed E-state index contributed by atoms with van der Waals surface area (Å²) in [5.41, 5.74) is 0.811. The summed E-state index contributed by atoms with van der Waals surface area (Å²) < 4.78 is 26.8. The van der Waals surface area contributed by atoms with Gasteiger partial charge in [-0.1, -0.05) is 5.21 Å². The Morgan fingerprint density at radius 2 is 2.09 bits per heavy atom. The molecule has 4 rings (SSSR count). The average molecular weight is 478 g/mol. The number of thiocarbonyl (C=S) groups is 1. The quantitative estimate of drug-likeness (QED) is 0.582. The van der Waals surface area contributed by atoms with Crippen LogP contribution in [0.3, 0.4) is 0 Å².